The van der Waals surface area contributed by atoms with Gasteiger partial charge in [0.05, 0.1) is 6.54 Å². The molecule has 0 bridgehead atoms. The molecule has 0 unspecified atom stereocenters. The third-order valence-corrected chi connectivity index (χ3v) is 5.28. The minimum Gasteiger partial charge on any atom is -0.368 e. The number of alkyl halides is 3. The Hall–Kier alpha value is -3.68. The van der Waals surface area contributed by atoms with Crippen LogP contribution >= 0.6 is 12.2 Å². The number of nitrogens with zero attached hydrogens (tertiary/aromatic N) is 4. The van der Waals surface area contributed by atoms with E-state index >= 15 is 0 Å². The molecule has 0 saturated heterocycles. The molecule has 0 radical (unpaired) electrons. The molecule has 0 spiro atoms. The molecule has 1 aliphatic heterocycles. The Morgan fingerprint density at radius 2 is 2.00 bits per heavy atom. The lowest BCUT2D eigenvalue weighted by Gasteiger charge is -2.31. The molecule has 1 amide bonds. The number of aromatic nitrogens is 4. The first-order valence-electron chi connectivity index (χ1n) is 10.2. The average molecular weight is 496 g/mol. The van der Waals surface area contributed by atoms with Gasteiger partial charge in [0.1, 0.15) is 11.6 Å². The molecule has 2 atom stereocenters. The van der Waals surface area contributed by atoms with E-state index in [4.69, 9.17) is 12.2 Å². The van der Waals surface area contributed by atoms with Crippen molar-refractivity contribution < 1.29 is 22.4 Å². The van der Waals surface area contributed by atoms with E-state index in [1.807, 2.05) is 0 Å². The van der Waals surface area contributed by atoms with Gasteiger partial charge in [0.25, 0.3) is 5.91 Å². The highest BCUT2D eigenvalue weighted by Crippen LogP contribution is 2.39. The van der Waals surface area contributed by atoms with Crippen LogP contribution in [0.15, 0.2) is 42.6 Å². The number of hydrazine groups is 1. The van der Waals surface area contributed by atoms with Crippen LogP contribution in [-0.2, 0) is 6.54 Å². The standard InChI is InChI=1S/C20H20F4N8OS/c1-11-8-15(20(22,23)24)32-17(25-11)9-14(29-32)18(33)27-28-19(34)26-16-6-7-31(30-16)10-12-4-2-3-5-13(12)21/h2-7,9,11,15,25H,8,10H2,1H3,(H,27,33)(H2,26,28,30,34)/t11-,15-/m1/s1. The van der Waals surface area contributed by atoms with E-state index in [-0.39, 0.29) is 35.4 Å². The molecular formula is C20H20F4N8OS. The zero-order valence-electron chi connectivity index (χ0n) is 17.7. The molecule has 2 aromatic heterocycles. The van der Waals surface area contributed by atoms with Crippen LogP contribution in [-0.4, -0.2) is 42.8 Å². The van der Waals surface area contributed by atoms with Crippen molar-refractivity contribution in [3.63, 3.8) is 0 Å². The molecule has 1 aliphatic rings. The highest BCUT2D eigenvalue weighted by Gasteiger charge is 2.45. The minimum atomic E-state index is -4.50. The summed E-state index contributed by atoms with van der Waals surface area (Å²) in [6, 6.07) is 6.91. The molecular weight excluding hydrogens is 476 g/mol. The largest absolute Gasteiger partial charge is 0.410 e. The van der Waals surface area contributed by atoms with Crippen LogP contribution < -0.4 is 21.5 Å². The predicted octanol–water partition coefficient (Wildman–Crippen LogP) is 3.21. The van der Waals surface area contributed by atoms with Gasteiger partial charge in [-0.3, -0.25) is 20.3 Å². The number of hydrogen-bond acceptors (Lipinski definition) is 5. The van der Waals surface area contributed by atoms with Crippen LogP contribution in [0.5, 0.6) is 0 Å². The zero-order chi connectivity index (χ0) is 24.5. The maximum absolute atomic E-state index is 13.8. The molecule has 0 fully saturated rings. The second-order valence-electron chi connectivity index (χ2n) is 7.72. The van der Waals surface area contributed by atoms with Gasteiger partial charge < -0.3 is 10.6 Å². The van der Waals surface area contributed by atoms with Gasteiger partial charge in [0.2, 0.25) is 0 Å². The van der Waals surface area contributed by atoms with Crippen molar-refractivity contribution in [2.45, 2.75) is 38.1 Å². The maximum atomic E-state index is 13.8. The fraction of sp³-hybridized carbons (Fsp3) is 0.300. The smallest absolute Gasteiger partial charge is 0.368 e. The monoisotopic (exact) mass is 496 g/mol. The number of halogens is 4. The second-order valence-corrected chi connectivity index (χ2v) is 8.13. The van der Waals surface area contributed by atoms with E-state index in [0.717, 1.165) is 4.68 Å². The number of nitrogens with one attached hydrogen (secondary N) is 4. The van der Waals surface area contributed by atoms with Crippen LogP contribution in [0.25, 0.3) is 0 Å². The highest BCUT2D eigenvalue weighted by molar-refractivity contribution is 7.80. The summed E-state index contributed by atoms with van der Waals surface area (Å²) in [6.45, 7) is 1.83. The number of anilines is 2. The lowest BCUT2D eigenvalue weighted by molar-refractivity contribution is -0.173. The first kappa shape index (κ1) is 23.5. The first-order chi connectivity index (χ1) is 16.1. The highest BCUT2D eigenvalue weighted by atomic mass is 32.1. The summed E-state index contributed by atoms with van der Waals surface area (Å²) in [4.78, 5) is 12.4. The topological polar surface area (TPSA) is 101 Å². The Bertz CT molecular complexity index is 1210. The molecule has 9 nitrogen and oxygen atoms in total. The van der Waals surface area contributed by atoms with Gasteiger partial charge in [-0.1, -0.05) is 18.2 Å². The number of benzene rings is 1. The van der Waals surface area contributed by atoms with E-state index in [0.29, 0.717) is 11.4 Å². The van der Waals surface area contributed by atoms with Gasteiger partial charge in [-0.15, -0.1) is 0 Å². The molecule has 3 aromatic rings. The van der Waals surface area contributed by atoms with Crippen LogP contribution in [0.1, 0.15) is 35.4 Å². The summed E-state index contributed by atoms with van der Waals surface area (Å²) in [5, 5.41) is 13.6. The average Bonchev–Trinajstić information content (AvgIpc) is 3.39. The van der Waals surface area contributed by atoms with Crippen molar-refractivity contribution in [1.29, 1.82) is 0 Å². The molecule has 3 heterocycles. The molecule has 0 saturated carbocycles. The van der Waals surface area contributed by atoms with Crippen LogP contribution in [0.3, 0.4) is 0 Å². The second kappa shape index (κ2) is 9.29. The molecule has 14 heteroatoms. The third kappa shape index (κ3) is 5.27. The number of rotatable bonds is 4. The van der Waals surface area contributed by atoms with Crippen LogP contribution in [0.4, 0.5) is 29.2 Å². The quantitative estimate of drug-likeness (QED) is 0.250. The zero-order valence-corrected chi connectivity index (χ0v) is 18.5. The van der Waals surface area contributed by atoms with Crippen LogP contribution in [0.2, 0.25) is 0 Å². The summed E-state index contributed by atoms with van der Waals surface area (Å²) in [5.41, 5.74) is 4.98. The van der Waals surface area contributed by atoms with E-state index in [1.54, 1.807) is 37.4 Å². The van der Waals surface area contributed by atoms with Crippen molar-refractivity contribution >= 4 is 34.9 Å². The van der Waals surface area contributed by atoms with Gasteiger partial charge >= 0.3 is 6.18 Å². The molecule has 180 valence electrons. The van der Waals surface area contributed by atoms with E-state index in [9.17, 15) is 22.4 Å². The van der Waals surface area contributed by atoms with Crippen molar-refractivity contribution in [2.75, 3.05) is 10.6 Å². The maximum Gasteiger partial charge on any atom is 0.410 e. The Labute approximate surface area is 196 Å². The van der Waals surface area contributed by atoms with E-state index in [1.165, 1.54) is 16.8 Å². The van der Waals surface area contributed by atoms with E-state index in [2.05, 4.69) is 31.7 Å². The summed E-state index contributed by atoms with van der Waals surface area (Å²) < 4.78 is 56.1. The fourth-order valence-electron chi connectivity index (χ4n) is 3.51. The number of carbonyl (C=O) groups excluding carboxylic acids is 1. The SMILES string of the molecule is C[C@@H]1C[C@H](C(F)(F)F)n2nc(C(=O)NNC(=S)Nc3ccn(Cc4ccccc4F)n3)cc2N1. The Kier molecular flexibility index (Phi) is 6.41. The number of thiocarbonyl (C=S) groups is 1. The van der Waals surface area contributed by atoms with Crippen molar-refractivity contribution in [3.8, 4) is 0 Å². The van der Waals surface area contributed by atoms with Crippen molar-refractivity contribution in [1.82, 2.24) is 30.4 Å². The first-order valence-corrected chi connectivity index (χ1v) is 10.6. The van der Waals surface area contributed by atoms with Gasteiger partial charge in [0, 0.05) is 29.9 Å². The summed E-state index contributed by atoms with van der Waals surface area (Å²) in [5.74, 6) is -0.676. The lowest BCUT2D eigenvalue weighted by atomic mass is 10.1. The van der Waals surface area contributed by atoms with Gasteiger partial charge in [-0.25, -0.2) is 9.07 Å². The van der Waals surface area contributed by atoms with Gasteiger partial charge in [-0.2, -0.15) is 23.4 Å². The summed E-state index contributed by atoms with van der Waals surface area (Å²) >= 11 is 5.10. The summed E-state index contributed by atoms with van der Waals surface area (Å²) in [6.07, 6.45) is -3.07. The Balaban J connectivity index is 1.33. The molecule has 4 N–H and O–H groups in total. The Morgan fingerprint density at radius 3 is 2.74 bits per heavy atom. The number of fused-ring (bicyclic) bond motifs is 1. The lowest BCUT2D eigenvalue weighted by Crippen LogP contribution is -2.44. The van der Waals surface area contributed by atoms with E-state index < -0.39 is 24.2 Å². The fourth-order valence-corrected chi connectivity index (χ4v) is 3.67. The normalized spacial score (nSPS) is 17.4. The van der Waals surface area contributed by atoms with Gasteiger partial charge in [0.15, 0.2) is 22.7 Å². The van der Waals surface area contributed by atoms with Crippen molar-refractivity contribution in [3.05, 3.63) is 59.7 Å². The number of hydrogen-bond donors (Lipinski definition) is 4. The molecule has 1 aromatic carbocycles. The van der Waals surface area contributed by atoms with Crippen LogP contribution in [0, 0.1) is 5.82 Å². The van der Waals surface area contributed by atoms with Gasteiger partial charge in [-0.05, 0) is 31.6 Å². The predicted molar refractivity (Wildman–Crippen MR) is 120 cm³/mol. The number of amides is 1. The van der Waals surface area contributed by atoms with Crippen molar-refractivity contribution in [2.24, 2.45) is 0 Å². The summed E-state index contributed by atoms with van der Waals surface area (Å²) in [7, 11) is 0. The Morgan fingerprint density at radius 1 is 1.24 bits per heavy atom. The minimum absolute atomic E-state index is 0.0200. The molecule has 0 aliphatic carbocycles. The third-order valence-electron chi connectivity index (χ3n) is 5.07. The number of carbonyl (C=O) groups is 1. The molecule has 34 heavy (non-hydrogen) atoms. The molecule has 4 rings (SSSR count).